The average Bonchev–Trinajstić information content (AvgIpc) is 1.88. The van der Waals surface area contributed by atoms with Crippen LogP contribution in [0.4, 0.5) is 0 Å². The summed E-state index contributed by atoms with van der Waals surface area (Å²) >= 11 is 0. The molecule has 3 nitrogen and oxygen atoms in total. The number of rotatable bonds is 1. The van der Waals surface area contributed by atoms with Crippen LogP contribution >= 0.6 is 0 Å². The van der Waals surface area contributed by atoms with Crippen LogP contribution in [-0.4, -0.2) is 36.9 Å². The Hall–Kier alpha value is -0.120. The Kier molecular flexibility index (Phi) is 2.65. The Morgan fingerprint density at radius 2 is 2.40 bits per heavy atom. The Labute approximate surface area is 62.1 Å². The maximum absolute atomic E-state index is 5.73. The molecule has 10 heavy (non-hydrogen) atoms. The predicted molar refractivity (Wildman–Crippen MR) is 40.6 cm³/mol. The summed E-state index contributed by atoms with van der Waals surface area (Å²) in [4.78, 5) is 2.25. The van der Waals surface area contributed by atoms with Crippen LogP contribution in [0.25, 0.3) is 0 Å². The molecule has 60 valence electrons. The molecule has 0 saturated carbocycles. The molecule has 0 spiro atoms. The minimum Gasteiger partial charge on any atom is -0.379 e. The van der Waals surface area contributed by atoms with Crippen LogP contribution in [-0.2, 0) is 4.74 Å². The highest BCUT2D eigenvalue weighted by Gasteiger charge is 2.20. The van der Waals surface area contributed by atoms with Crippen molar-refractivity contribution in [2.24, 2.45) is 5.73 Å². The summed E-state index contributed by atoms with van der Waals surface area (Å²) in [7, 11) is 0. The van der Waals surface area contributed by atoms with Crippen molar-refractivity contribution in [2.45, 2.75) is 26.1 Å². The SMILES string of the molecule is CC(N)N1CCOCC1C. The summed E-state index contributed by atoms with van der Waals surface area (Å²) in [5.41, 5.74) is 5.73. The predicted octanol–water partition coefficient (Wildman–Crippen LogP) is 0.0118. The quantitative estimate of drug-likeness (QED) is 0.563. The largest absolute Gasteiger partial charge is 0.379 e. The van der Waals surface area contributed by atoms with Crippen LogP contribution in [0.2, 0.25) is 0 Å². The molecule has 3 heteroatoms. The van der Waals surface area contributed by atoms with E-state index in [0.29, 0.717) is 6.04 Å². The van der Waals surface area contributed by atoms with Gasteiger partial charge in [-0.1, -0.05) is 0 Å². The molecule has 0 aliphatic carbocycles. The third-order valence-corrected chi connectivity index (χ3v) is 1.94. The zero-order chi connectivity index (χ0) is 7.56. The second kappa shape index (κ2) is 3.32. The molecule has 2 atom stereocenters. The van der Waals surface area contributed by atoms with Crippen LogP contribution in [0.3, 0.4) is 0 Å². The molecule has 1 aliphatic rings. The van der Waals surface area contributed by atoms with E-state index in [1.54, 1.807) is 0 Å². The first-order chi connectivity index (χ1) is 4.72. The summed E-state index contributed by atoms with van der Waals surface area (Å²) in [5, 5.41) is 0. The molecular weight excluding hydrogens is 128 g/mol. The van der Waals surface area contributed by atoms with E-state index in [0.717, 1.165) is 19.8 Å². The summed E-state index contributed by atoms with van der Waals surface area (Å²) in [6, 6.07) is 0.480. The number of ether oxygens (including phenoxy) is 1. The lowest BCUT2D eigenvalue weighted by molar-refractivity contribution is -0.0172. The zero-order valence-corrected chi connectivity index (χ0v) is 6.71. The van der Waals surface area contributed by atoms with Gasteiger partial charge >= 0.3 is 0 Å². The first-order valence-corrected chi connectivity index (χ1v) is 3.81. The van der Waals surface area contributed by atoms with Gasteiger partial charge in [0.05, 0.1) is 19.4 Å². The topological polar surface area (TPSA) is 38.5 Å². The molecule has 0 aromatic carbocycles. The van der Waals surface area contributed by atoms with Crippen LogP contribution in [0.1, 0.15) is 13.8 Å². The van der Waals surface area contributed by atoms with Crippen molar-refractivity contribution in [1.29, 1.82) is 0 Å². The highest BCUT2D eigenvalue weighted by molar-refractivity contribution is 4.72. The molecule has 0 bridgehead atoms. The molecule has 2 unspecified atom stereocenters. The second-order valence-electron chi connectivity index (χ2n) is 2.90. The van der Waals surface area contributed by atoms with E-state index in [2.05, 4.69) is 11.8 Å². The van der Waals surface area contributed by atoms with Gasteiger partial charge in [0.1, 0.15) is 0 Å². The van der Waals surface area contributed by atoms with Crippen LogP contribution in [0.5, 0.6) is 0 Å². The van der Waals surface area contributed by atoms with Crippen molar-refractivity contribution in [3.05, 3.63) is 0 Å². The molecule has 1 rings (SSSR count). The Morgan fingerprint density at radius 1 is 1.70 bits per heavy atom. The van der Waals surface area contributed by atoms with Crippen molar-refractivity contribution < 1.29 is 4.74 Å². The molecule has 0 aromatic heterocycles. The van der Waals surface area contributed by atoms with Crippen LogP contribution < -0.4 is 5.73 Å². The van der Waals surface area contributed by atoms with E-state index in [-0.39, 0.29) is 6.17 Å². The standard InChI is InChI=1S/C7H16N2O/c1-6-5-10-4-3-9(6)7(2)8/h6-7H,3-5,8H2,1-2H3. The van der Waals surface area contributed by atoms with E-state index in [1.165, 1.54) is 0 Å². The number of hydrogen-bond acceptors (Lipinski definition) is 3. The van der Waals surface area contributed by atoms with Gasteiger partial charge in [-0.2, -0.15) is 0 Å². The molecular formula is C7H16N2O. The van der Waals surface area contributed by atoms with Gasteiger partial charge in [0, 0.05) is 12.6 Å². The van der Waals surface area contributed by atoms with Crippen molar-refractivity contribution in [3.63, 3.8) is 0 Å². The van der Waals surface area contributed by atoms with Gasteiger partial charge < -0.3 is 10.5 Å². The highest BCUT2D eigenvalue weighted by atomic mass is 16.5. The van der Waals surface area contributed by atoms with Gasteiger partial charge in [-0.05, 0) is 13.8 Å². The fourth-order valence-electron chi connectivity index (χ4n) is 1.35. The van der Waals surface area contributed by atoms with Crippen LogP contribution in [0, 0.1) is 0 Å². The van der Waals surface area contributed by atoms with Crippen molar-refractivity contribution in [1.82, 2.24) is 4.90 Å². The summed E-state index contributed by atoms with van der Waals surface area (Å²) in [6.07, 6.45) is 0.166. The monoisotopic (exact) mass is 144 g/mol. The smallest absolute Gasteiger partial charge is 0.0620 e. The first kappa shape index (κ1) is 7.98. The maximum Gasteiger partial charge on any atom is 0.0620 e. The Bertz CT molecular complexity index is 106. The first-order valence-electron chi connectivity index (χ1n) is 3.81. The number of hydrogen-bond donors (Lipinski definition) is 1. The Morgan fingerprint density at radius 3 is 2.80 bits per heavy atom. The molecule has 1 heterocycles. The van der Waals surface area contributed by atoms with E-state index >= 15 is 0 Å². The number of nitrogens with two attached hydrogens (primary N) is 1. The van der Waals surface area contributed by atoms with Crippen molar-refractivity contribution >= 4 is 0 Å². The van der Waals surface area contributed by atoms with Gasteiger partial charge in [-0.25, -0.2) is 0 Å². The molecule has 1 saturated heterocycles. The summed E-state index contributed by atoms with van der Waals surface area (Å²) < 4.78 is 5.26. The van der Waals surface area contributed by atoms with Gasteiger partial charge in [0.2, 0.25) is 0 Å². The molecule has 0 aromatic rings. The van der Waals surface area contributed by atoms with Gasteiger partial charge in [-0.15, -0.1) is 0 Å². The van der Waals surface area contributed by atoms with E-state index in [9.17, 15) is 0 Å². The lowest BCUT2D eigenvalue weighted by Crippen LogP contribution is -2.51. The summed E-state index contributed by atoms with van der Waals surface area (Å²) in [5.74, 6) is 0. The van der Waals surface area contributed by atoms with E-state index < -0.39 is 0 Å². The van der Waals surface area contributed by atoms with Crippen molar-refractivity contribution in [3.8, 4) is 0 Å². The fraction of sp³-hybridized carbons (Fsp3) is 1.00. The fourth-order valence-corrected chi connectivity index (χ4v) is 1.35. The molecule has 0 radical (unpaired) electrons. The second-order valence-corrected chi connectivity index (χ2v) is 2.90. The maximum atomic E-state index is 5.73. The number of nitrogens with zero attached hydrogens (tertiary/aromatic N) is 1. The lowest BCUT2D eigenvalue weighted by atomic mass is 10.2. The minimum atomic E-state index is 0.166. The molecule has 2 N–H and O–H groups in total. The van der Waals surface area contributed by atoms with E-state index in [1.807, 2.05) is 6.92 Å². The summed E-state index contributed by atoms with van der Waals surface area (Å²) in [6.45, 7) is 6.77. The van der Waals surface area contributed by atoms with Gasteiger partial charge in [0.15, 0.2) is 0 Å². The zero-order valence-electron chi connectivity index (χ0n) is 6.71. The third kappa shape index (κ3) is 1.68. The molecule has 1 aliphatic heterocycles. The highest BCUT2D eigenvalue weighted by Crippen LogP contribution is 2.06. The molecule has 1 fully saturated rings. The molecule has 0 amide bonds. The average molecular weight is 144 g/mol. The minimum absolute atomic E-state index is 0.166. The number of morpholine rings is 1. The van der Waals surface area contributed by atoms with Crippen molar-refractivity contribution in [2.75, 3.05) is 19.8 Å². The van der Waals surface area contributed by atoms with Gasteiger partial charge in [-0.3, -0.25) is 4.90 Å². The third-order valence-electron chi connectivity index (χ3n) is 1.94. The lowest BCUT2D eigenvalue weighted by Gasteiger charge is -2.35. The van der Waals surface area contributed by atoms with Gasteiger partial charge in [0.25, 0.3) is 0 Å². The van der Waals surface area contributed by atoms with Crippen LogP contribution in [0.15, 0.2) is 0 Å². The normalized spacial score (nSPS) is 32.1. The van der Waals surface area contributed by atoms with E-state index in [4.69, 9.17) is 10.5 Å². The Balaban J connectivity index is 2.40.